The van der Waals surface area contributed by atoms with Crippen LogP contribution >= 0.6 is 0 Å². The van der Waals surface area contributed by atoms with Crippen LogP contribution in [0.15, 0.2) is 18.2 Å². The minimum atomic E-state index is 0.0870. The minimum Gasteiger partial charge on any atom is -0.496 e. The van der Waals surface area contributed by atoms with E-state index in [1.165, 1.54) is 5.56 Å². The zero-order valence-electron chi connectivity index (χ0n) is 11.1. The summed E-state index contributed by atoms with van der Waals surface area (Å²) in [5.74, 6) is 0.906. The standard InChI is InChI=1S/C14H21NO3/c1-11-3-4-14(17-2)12(7-11)8-15-5-6-18-10-13(15)9-16/h3-4,7,13,16H,5-6,8-10H2,1-2H3. The van der Waals surface area contributed by atoms with Crippen LogP contribution in [0.4, 0.5) is 0 Å². The number of hydrogen-bond donors (Lipinski definition) is 1. The summed E-state index contributed by atoms with van der Waals surface area (Å²) in [4.78, 5) is 2.25. The monoisotopic (exact) mass is 251 g/mol. The highest BCUT2D eigenvalue weighted by molar-refractivity contribution is 5.36. The van der Waals surface area contributed by atoms with E-state index in [-0.39, 0.29) is 12.6 Å². The lowest BCUT2D eigenvalue weighted by molar-refractivity contribution is -0.0314. The summed E-state index contributed by atoms with van der Waals surface area (Å²) < 4.78 is 10.8. The van der Waals surface area contributed by atoms with E-state index >= 15 is 0 Å². The van der Waals surface area contributed by atoms with Gasteiger partial charge in [0, 0.05) is 18.7 Å². The van der Waals surface area contributed by atoms with Gasteiger partial charge in [-0.1, -0.05) is 17.7 Å². The van der Waals surface area contributed by atoms with E-state index in [1.807, 2.05) is 12.1 Å². The van der Waals surface area contributed by atoms with Crippen LogP contribution in [0.1, 0.15) is 11.1 Å². The molecule has 1 aromatic carbocycles. The Labute approximate surface area is 108 Å². The van der Waals surface area contributed by atoms with Crippen LogP contribution in [0.3, 0.4) is 0 Å². The molecule has 0 aromatic heterocycles. The van der Waals surface area contributed by atoms with Crippen molar-refractivity contribution in [3.63, 3.8) is 0 Å². The lowest BCUT2D eigenvalue weighted by atomic mass is 10.1. The summed E-state index contributed by atoms with van der Waals surface area (Å²) in [6.45, 7) is 5.18. The fourth-order valence-corrected chi connectivity index (χ4v) is 2.32. The van der Waals surface area contributed by atoms with Crippen LogP contribution in [0.25, 0.3) is 0 Å². The number of aliphatic hydroxyl groups excluding tert-OH is 1. The first kappa shape index (κ1) is 13.3. The van der Waals surface area contributed by atoms with Crippen molar-refractivity contribution in [1.82, 2.24) is 4.90 Å². The number of morpholine rings is 1. The van der Waals surface area contributed by atoms with Gasteiger partial charge in [-0.05, 0) is 13.0 Å². The summed E-state index contributed by atoms with van der Waals surface area (Å²) in [7, 11) is 1.69. The summed E-state index contributed by atoms with van der Waals surface area (Å²) in [5, 5.41) is 9.37. The van der Waals surface area contributed by atoms with E-state index in [0.717, 1.165) is 31.0 Å². The molecule has 1 aliphatic rings. The SMILES string of the molecule is COc1ccc(C)cc1CN1CCOCC1CO. The first-order valence-corrected chi connectivity index (χ1v) is 6.30. The van der Waals surface area contributed by atoms with Gasteiger partial charge < -0.3 is 14.6 Å². The van der Waals surface area contributed by atoms with Crippen molar-refractivity contribution >= 4 is 0 Å². The molecular weight excluding hydrogens is 230 g/mol. The second-order valence-electron chi connectivity index (χ2n) is 4.70. The molecule has 1 aliphatic heterocycles. The molecule has 1 heterocycles. The highest BCUT2D eigenvalue weighted by Gasteiger charge is 2.23. The Morgan fingerprint density at radius 2 is 2.33 bits per heavy atom. The molecule has 2 rings (SSSR count). The molecule has 0 amide bonds. The largest absolute Gasteiger partial charge is 0.496 e. The Hall–Kier alpha value is -1.10. The zero-order chi connectivity index (χ0) is 13.0. The number of aryl methyl sites for hydroxylation is 1. The lowest BCUT2D eigenvalue weighted by Crippen LogP contribution is -2.46. The molecule has 0 aliphatic carbocycles. The minimum absolute atomic E-state index is 0.0870. The molecule has 0 bridgehead atoms. The normalized spacial score (nSPS) is 20.9. The maximum atomic E-state index is 9.37. The van der Waals surface area contributed by atoms with Crippen molar-refractivity contribution in [1.29, 1.82) is 0 Å². The number of methoxy groups -OCH3 is 1. The quantitative estimate of drug-likeness (QED) is 0.873. The first-order valence-electron chi connectivity index (χ1n) is 6.30. The van der Waals surface area contributed by atoms with Crippen LogP contribution in [-0.4, -0.2) is 49.5 Å². The molecule has 4 nitrogen and oxygen atoms in total. The Bertz CT molecular complexity index is 395. The van der Waals surface area contributed by atoms with E-state index in [9.17, 15) is 5.11 Å². The van der Waals surface area contributed by atoms with Crippen molar-refractivity contribution in [2.75, 3.05) is 33.5 Å². The van der Waals surface area contributed by atoms with E-state index in [0.29, 0.717) is 6.61 Å². The summed E-state index contributed by atoms with van der Waals surface area (Å²) in [5.41, 5.74) is 2.39. The maximum Gasteiger partial charge on any atom is 0.123 e. The molecule has 1 N–H and O–H groups in total. The third kappa shape index (κ3) is 3.02. The zero-order valence-corrected chi connectivity index (χ0v) is 11.1. The van der Waals surface area contributed by atoms with E-state index in [4.69, 9.17) is 9.47 Å². The molecule has 0 spiro atoms. The molecule has 4 heteroatoms. The third-order valence-electron chi connectivity index (χ3n) is 3.37. The summed E-state index contributed by atoms with van der Waals surface area (Å²) in [6.07, 6.45) is 0. The molecule has 1 fully saturated rings. The van der Waals surface area contributed by atoms with Gasteiger partial charge >= 0.3 is 0 Å². The molecule has 0 radical (unpaired) electrons. The highest BCUT2D eigenvalue weighted by Crippen LogP contribution is 2.23. The molecule has 0 saturated carbocycles. The molecule has 18 heavy (non-hydrogen) atoms. The average molecular weight is 251 g/mol. The van der Waals surface area contributed by atoms with Crippen molar-refractivity contribution in [2.24, 2.45) is 0 Å². The molecule has 1 aromatic rings. The van der Waals surface area contributed by atoms with Gasteiger partial charge in [-0.2, -0.15) is 0 Å². The van der Waals surface area contributed by atoms with Gasteiger partial charge in [-0.3, -0.25) is 4.90 Å². The van der Waals surface area contributed by atoms with E-state index in [1.54, 1.807) is 7.11 Å². The molecule has 100 valence electrons. The topological polar surface area (TPSA) is 41.9 Å². The van der Waals surface area contributed by atoms with Crippen LogP contribution in [0.2, 0.25) is 0 Å². The number of aliphatic hydroxyl groups is 1. The predicted molar refractivity (Wildman–Crippen MR) is 69.8 cm³/mol. The fraction of sp³-hybridized carbons (Fsp3) is 0.571. The smallest absolute Gasteiger partial charge is 0.123 e. The summed E-state index contributed by atoms with van der Waals surface area (Å²) in [6, 6.07) is 6.27. The number of rotatable bonds is 4. The van der Waals surface area contributed by atoms with Gasteiger partial charge in [0.15, 0.2) is 0 Å². The van der Waals surface area contributed by atoms with Crippen LogP contribution in [0, 0.1) is 6.92 Å². The predicted octanol–water partition coefficient (Wildman–Crippen LogP) is 1.20. The van der Waals surface area contributed by atoms with Gasteiger partial charge in [0.25, 0.3) is 0 Å². The second kappa shape index (κ2) is 6.18. The van der Waals surface area contributed by atoms with E-state index < -0.39 is 0 Å². The molecule has 1 atom stereocenters. The molecule has 1 unspecified atom stereocenters. The van der Waals surface area contributed by atoms with E-state index in [2.05, 4.69) is 17.9 Å². The Kier molecular flexibility index (Phi) is 4.58. The van der Waals surface area contributed by atoms with Crippen molar-refractivity contribution in [3.8, 4) is 5.75 Å². The Balaban J connectivity index is 2.14. The van der Waals surface area contributed by atoms with Crippen molar-refractivity contribution in [2.45, 2.75) is 19.5 Å². The first-order chi connectivity index (χ1) is 8.74. The van der Waals surface area contributed by atoms with Crippen molar-refractivity contribution < 1.29 is 14.6 Å². The Morgan fingerprint density at radius 3 is 3.06 bits per heavy atom. The number of hydrogen-bond acceptors (Lipinski definition) is 4. The van der Waals surface area contributed by atoms with Crippen LogP contribution in [0.5, 0.6) is 5.75 Å². The fourth-order valence-electron chi connectivity index (χ4n) is 2.32. The third-order valence-corrected chi connectivity index (χ3v) is 3.37. The maximum absolute atomic E-state index is 9.37. The van der Waals surface area contributed by atoms with Gasteiger partial charge in [-0.25, -0.2) is 0 Å². The van der Waals surface area contributed by atoms with Gasteiger partial charge in [0.1, 0.15) is 5.75 Å². The number of ether oxygens (including phenoxy) is 2. The lowest BCUT2D eigenvalue weighted by Gasteiger charge is -2.34. The Morgan fingerprint density at radius 1 is 1.50 bits per heavy atom. The average Bonchev–Trinajstić information content (AvgIpc) is 2.40. The van der Waals surface area contributed by atoms with Crippen LogP contribution < -0.4 is 4.74 Å². The molecular formula is C14H21NO3. The van der Waals surface area contributed by atoms with Gasteiger partial charge in [-0.15, -0.1) is 0 Å². The summed E-state index contributed by atoms with van der Waals surface area (Å²) >= 11 is 0. The highest BCUT2D eigenvalue weighted by atomic mass is 16.5. The number of benzene rings is 1. The molecule has 1 saturated heterocycles. The second-order valence-corrected chi connectivity index (χ2v) is 4.70. The number of nitrogens with zero attached hydrogens (tertiary/aromatic N) is 1. The van der Waals surface area contributed by atoms with Gasteiger partial charge in [0.2, 0.25) is 0 Å². The van der Waals surface area contributed by atoms with Gasteiger partial charge in [0.05, 0.1) is 33.0 Å². The van der Waals surface area contributed by atoms with Crippen LogP contribution in [-0.2, 0) is 11.3 Å². The van der Waals surface area contributed by atoms with Crippen molar-refractivity contribution in [3.05, 3.63) is 29.3 Å².